The second-order valence-electron chi connectivity index (χ2n) is 6.34. The number of amides is 1. The molecule has 2 aromatic carbocycles. The Labute approximate surface area is 157 Å². The van der Waals surface area contributed by atoms with Crippen LogP contribution in [0.1, 0.15) is 17.0 Å². The Hall–Kier alpha value is -3.28. The zero-order valence-electron chi connectivity index (χ0n) is 15.3. The van der Waals surface area contributed by atoms with Crippen LogP contribution < -0.4 is 9.47 Å². The summed E-state index contributed by atoms with van der Waals surface area (Å²) >= 11 is 0. The van der Waals surface area contributed by atoms with E-state index in [1.807, 2.05) is 36.4 Å². The fourth-order valence-corrected chi connectivity index (χ4v) is 3.28. The van der Waals surface area contributed by atoms with Gasteiger partial charge in [-0.05, 0) is 41.8 Å². The van der Waals surface area contributed by atoms with E-state index in [0.717, 1.165) is 17.5 Å². The molecule has 6 heteroatoms. The van der Waals surface area contributed by atoms with E-state index in [4.69, 9.17) is 13.9 Å². The fraction of sp³-hybridized carbons (Fsp3) is 0.238. The number of hydrogen-bond donors (Lipinski definition) is 0. The Balaban J connectivity index is 1.50. The van der Waals surface area contributed by atoms with Crippen molar-refractivity contribution < 1.29 is 18.7 Å². The van der Waals surface area contributed by atoms with E-state index in [0.29, 0.717) is 36.1 Å². The van der Waals surface area contributed by atoms with Gasteiger partial charge in [0.2, 0.25) is 11.8 Å². The number of carbonyl (C=O) groups excluding carboxylic acids is 1. The summed E-state index contributed by atoms with van der Waals surface area (Å²) in [4.78, 5) is 18.7. The van der Waals surface area contributed by atoms with E-state index in [-0.39, 0.29) is 5.91 Å². The molecule has 27 heavy (non-hydrogen) atoms. The Bertz CT molecular complexity index is 989. The van der Waals surface area contributed by atoms with Gasteiger partial charge in [-0.1, -0.05) is 12.1 Å². The highest BCUT2D eigenvalue weighted by atomic mass is 16.5. The molecule has 1 aromatic heterocycles. The first-order valence-electron chi connectivity index (χ1n) is 8.74. The molecule has 2 heterocycles. The van der Waals surface area contributed by atoms with Crippen molar-refractivity contribution in [3.63, 3.8) is 0 Å². The van der Waals surface area contributed by atoms with Crippen molar-refractivity contribution in [1.82, 2.24) is 9.88 Å². The van der Waals surface area contributed by atoms with Crippen molar-refractivity contribution in [2.75, 3.05) is 20.8 Å². The third-order valence-corrected chi connectivity index (χ3v) is 4.71. The highest BCUT2D eigenvalue weighted by Gasteiger charge is 2.21. The van der Waals surface area contributed by atoms with Crippen molar-refractivity contribution in [1.29, 1.82) is 0 Å². The van der Waals surface area contributed by atoms with Crippen LogP contribution in [0, 0.1) is 0 Å². The number of methoxy groups -OCH3 is 2. The molecule has 1 aliphatic heterocycles. The lowest BCUT2D eigenvalue weighted by molar-refractivity contribution is -0.126. The molecule has 0 bridgehead atoms. The molecule has 0 saturated carbocycles. The van der Waals surface area contributed by atoms with Crippen LogP contribution in [0.2, 0.25) is 0 Å². The van der Waals surface area contributed by atoms with Crippen molar-refractivity contribution in [3.05, 3.63) is 59.5 Å². The van der Waals surface area contributed by atoms with E-state index in [1.165, 1.54) is 11.6 Å². The summed E-state index contributed by atoms with van der Waals surface area (Å²) in [5.74, 6) is 1.74. The number of nitrogens with zero attached hydrogens (tertiary/aromatic N) is 2. The molecule has 0 N–H and O–H groups in total. The predicted molar refractivity (Wildman–Crippen MR) is 102 cm³/mol. The molecule has 0 unspecified atom stereocenters. The standard InChI is InChI=1S/C21H20N2O4/c1-25-18-11-14-9-10-23(13-15(14)12-19(18)26-2)21(24)8-7-20-22-16-5-3-4-6-17(16)27-20/h3-8,11-12H,9-10,13H2,1-2H3/b8-7+. The van der Waals surface area contributed by atoms with Gasteiger partial charge in [-0.15, -0.1) is 0 Å². The molecule has 4 rings (SSSR count). The summed E-state index contributed by atoms with van der Waals surface area (Å²) < 4.78 is 16.3. The number of rotatable bonds is 4. The molecular formula is C21H20N2O4. The molecule has 0 aliphatic carbocycles. The quantitative estimate of drug-likeness (QED) is 0.664. The van der Waals surface area contributed by atoms with Crippen LogP contribution in [0.4, 0.5) is 0 Å². The molecule has 3 aromatic rings. The monoisotopic (exact) mass is 364 g/mol. The Morgan fingerprint density at radius 3 is 2.63 bits per heavy atom. The summed E-state index contributed by atoms with van der Waals surface area (Å²) in [5, 5.41) is 0. The number of fused-ring (bicyclic) bond motifs is 2. The van der Waals surface area contributed by atoms with Crippen molar-refractivity contribution in [2.45, 2.75) is 13.0 Å². The SMILES string of the molecule is COc1cc2c(cc1OC)CN(C(=O)/C=C/c1nc3ccccc3o1)CC2. The van der Waals surface area contributed by atoms with Gasteiger partial charge in [0.15, 0.2) is 17.1 Å². The number of carbonyl (C=O) groups is 1. The summed E-state index contributed by atoms with van der Waals surface area (Å²) in [5.41, 5.74) is 3.73. The summed E-state index contributed by atoms with van der Waals surface area (Å²) in [7, 11) is 3.23. The van der Waals surface area contributed by atoms with Crippen LogP contribution in [-0.2, 0) is 17.8 Å². The van der Waals surface area contributed by atoms with Crippen LogP contribution >= 0.6 is 0 Å². The van der Waals surface area contributed by atoms with E-state index >= 15 is 0 Å². The molecule has 0 spiro atoms. The minimum atomic E-state index is -0.0716. The number of oxazole rings is 1. The Morgan fingerprint density at radius 2 is 1.89 bits per heavy atom. The van der Waals surface area contributed by atoms with Gasteiger partial charge in [0.1, 0.15) is 5.52 Å². The minimum Gasteiger partial charge on any atom is -0.493 e. The fourth-order valence-electron chi connectivity index (χ4n) is 3.28. The van der Waals surface area contributed by atoms with Crippen LogP contribution in [0.5, 0.6) is 11.5 Å². The first kappa shape index (κ1) is 17.1. The normalized spacial score (nSPS) is 13.8. The average Bonchev–Trinajstić information content (AvgIpc) is 3.13. The van der Waals surface area contributed by atoms with Crippen molar-refractivity contribution in [3.8, 4) is 11.5 Å². The van der Waals surface area contributed by atoms with Gasteiger partial charge >= 0.3 is 0 Å². The third-order valence-electron chi connectivity index (χ3n) is 4.71. The highest BCUT2D eigenvalue weighted by molar-refractivity contribution is 5.91. The zero-order valence-corrected chi connectivity index (χ0v) is 15.3. The lowest BCUT2D eigenvalue weighted by atomic mass is 9.98. The lowest BCUT2D eigenvalue weighted by Crippen LogP contribution is -2.34. The van der Waals surface area contributed by atoms with E-state index in [2.05, 4.69) is 4.98 Å². The predicted octanol–water partition coefficient (Wildman–Crippen LogP) is 3.44. The van der Waals surface area contributed by atoms with Crippen LogP contribution in [0.3, 0.4) is 0 Å². The average molecular weight is 364 g/mol. The summed E-state index contributed by atoms with van der Waals surface area (Å²) in [6, 6.07) is 11.5. The first-order valence-corrected chi connectivity index (χ1v) is 8.74. The number of hydrogen-bond acceptors (Lipinski definition) is 5. The Morgan fingerprint density at radius 1 is 1.15 bits per heavy atom. The molecule has 138 valence electrons. The van der Waals surface area contributed by atoms with Gasteiger partial charge in [-0.25, -0.2) is 4.98 Å². The van der Waals surface area contributed by atoms with E-state index in [9.17, 15) is 4.79 Å². The highest BCUT2D eigenvalue weighted by Crippen LogP contribution is 2.33. The maximum absolute atomic E-state index is 12.6. The number of benzene rings is 2. The minimum absolute atomic E-state index is 0.0716. The second-order valence-corrected chi connectivity index (χ2v) is 6.34. The molecule has 1 amide bonds. The van der Waals surface area contributed by atoms with Crippen LogP contribution in [0.15, 0.2) is 46.9 Å². The van der Waals surface area contributed by atoms with Gasteiger partial charge in [-0.2, -0.15) is 0 Å². The van der Waals surface area contributed by atoms with Gasteiger partial charge in [0, 0.05) is 25.2 Å². The van der Waals surface area contributed by atoms with E-state index in [1.54, 1.807) is 25.2 Å². The molecular weight excluding hydrogens is 344 g/mol. The van der Waals surface area contributed by atoms with Crippen molar-refractivity contribution >= 4 is 23.1 Å². The number of aromatic nitrogens is 1. The molecule has 0 fully saturated rings. The zero-order chi connectivity index (χ0) is 18.8. The molecule has 0 atom stereocenters. The van der Waals surface area contributed by atoms with Gasteiger partial charge in [-0.3, -0.25) is 4.79 Å². The van der Waals surface area contributed by atoms with Gasteiger partial charge in [0.25, 0.3) is 0 Å². The lowest BCUT2D eigenvalue weighted by Gasteiger charge is -2.28. The van der Waals surface area contributed by atoms with Gasteiger partial charge in [0.05, 0.1) is 14.2 Å². The number of ether oxygens (including phenoxy) is 2. The molecule has 1 aliphatic rings. The largest absolute Gasteiger partial charge is 0.493 e. The summed E-state index contributed by atoms with van der Waals surface area (Å²) in [6.07, 6.45) is 3.90. The molecule has 6 nitrogen and oxygen atoms in total. The van der Waals surface area contributed by atoms with E-state index < -0.39 is 0 Å². The van der Waals surface area contributed by atoms with Crippen LogP contribution in [-0.4, -0.2) is 36.6 Å². The van der Waals surface area contributed by atoms with Crippen LogP contribution in [0.25, 0.3) is 17.2 Å². The summed E-state index contributed by atoms with van der Waals surface area (Å²) in [6.45, 7) is 1.19. The smallest absolute Gasteiger partial charge is 0.247 e. The van der Waals surface area contributed by atoms with Gasteiger partial charge < -0.3 is 18.8 Å². The number of para-hydroxylation sites is 2. The topological polar surface area (TPSA) is 64.8 Å². The van der Waals surface area contributed by atoms with Crippen molar-refractivity contribution in [2.24, 2.45) is 0 Å². The molecule has 0 radical (unpaired) electrons. The first-order chi connectivity index (χ1) is 13.2. The molecule has 0 saturated heterocycles. The maximum Gasteiger partial charge on any atom is 0.247 e. The second kappa shape index (κ2) is 7.15. The Kier molecular flexibility index (Phi) is 4.54. The maximum atomic E-state index is 12.6. The third kappa shape index (κ3) is 3.38.